The number of primary amides is 1. The van der Waals surface area contributed by atoms with Crippen LogP contribution in [0.1, 0.15) is 29.6 Å². The topological polar surface area (TPSA) is 111 Å². The Balaban J connectivity index is 2.61. The summed E-state index contributed by atoms with van der Waals surface area (Å²) >= 11 is 0. The monoisotopic (exact) mass is 277 g/mol. The molecule has 0 radical (unpaired) electrons. The molecule has 1 amide bonds. The number of carbonyl (C=O) groups is 1. The molecule has 0 aliphatic heterocycles. The van der Waals surface area contributed by atoms with Crippen molar-refractivity contribution in [2.45, 2.75) is 19.3 Å². The summed E-state index contributed by atoms with van der Waals surface area (Å²) in [5.41, 5.74) is 5.31. The van der Waals surface area contributed by atoms with E-state index in [4.69, 9.17) is 10.2 Å². The molecule has 0 unspecified atom stereocenters. The van der Waals surface area contributed by atoms with Crippen molar-refractivity contribution in [1.82, 2.24) is 9.78 Å². The van der Waals surface area contributed by atoms with E-state index >= 15 is 0 Å². The third kappa shape index (κ3) is 2.56. The standard InChI is InChI=1S/C13H15N3O4/c1-7-5-10(17)12(19)13(20-7)8(6-11(14)18)9-3-4-15-16(9)2/h3-5,8,19H,6H2,1-2H3,(H2,14,18)/t8-/m1/s1. The van der Waals surface area contributed by atoms with Gasteiger partial charge in [0.25, 0.3) is 0 Å². The van der Waals surface area contributed by atoms with Crippen LogP contribution < -0.4 is 11.2 Å². The molecule has 20 heavy (non-hydrogen) atoms. The molecule has 0 saturated heterocycles. The first kappa shape index (κ1) is 13.9. The second-order valence-corrected chi connectivity index (χ2v) is 4.54. The molecule has 0 saturated carbocycles. The Morgan fingerprint density at radius 2 is 2.30 bits per heavy atom. The van der Waals surface area contributed by atoms with Crippen LogP contribution in [0.25, 0.3) is 0 Å². The van der Waals surface area contributed by atoms with Crippen LogP contribution in [-0.2, 0) is 11.8 Å². The van der Waals surface area contributed by atoms with Gasteiger partial charge in [-0.25, -0.2) is 0 Å². The Bertz CT molecular complexity index is 702. The summed E-state index contributed by atoms with van der Waals surface area (Å²) in [4.78, 5) is 22.9. The van der Waals surface area contributed by atoms with E-state index in [9.17, 15) is 14.7 Å². The second kappa shape index (κ2) is 5.20. The van der Waals surface area contributed by atoms with E-state index in [0.29, 0.717) is 11.5 Å². The van der Waals surface area contributed by atoms with Gasteiger partial charge in [-0.05, 0) is 13.0 Å². The maximum absolute atomic E-state index is 11.7. The minimum Gasteiger partial charge on any atom is -0.502 e. The molecule has 3 N–H and O–H groups in total. The molecule has 0 aromatic carbocycles. The van der Waals surface area contributed by atoms with Gasteiger partial charge < -0.3 is 15.3 Å². The van der Waals surface area contributed by atoms with Gasteiger partial charge in [0.1, 0.15) is 5.76 Å². The lowest BCUT2D eigenvalue weighted by Gasteiger charge is -2.16. The fourth-order valence-corrected chi connectivity index (χ4v) is 2.12. The lowest BCUT2D eigenvalue weighted by atomic mass is 9.96. The average molecular weight is 277 g/mol. The summed E-state index contributed by atoms with van der Waals surface area (Å²) in [6, 6.07) is 2.86. The summed E-state index contributed by atoms with van der Waals surface area (Å²) in [5, 5.41) is 13.9. The molecule has 0 bridgehead atoms. The number of nitrogens with two attached hydrogens (primary N) is 1. The number of aryl methyl sites for hydroxylation is 2. The summed E-state index contributed by atoms with van der Waals surface area (Å²) in [5.74, 6) is -1.37. The lowest BCUT2D eigenvalue weighted by molar-refractivity contribution is -0.118. The first-order valence-corrected chi connectivity index (χ1v) is 6.00. The molecule has 0 aliphatic rings. The molecule has 2 aromatic heterocycles. The fourth-order valence-electron chi connectivity index (χ4n) is 2.12. The van der Waals surface area contributed by atoms with Crippen LogP contribution in [0, 0.1) is 6.92 Å². The number of aromatic nitrogens is 2. The highest BCUT2D eigenvalue weighted by Gasteiger charge is 2.26. The Morgan fingerprint density at radius 1 is 1.60 bits per heavy atom. The Kier molecular flexibility index (Phi) is 3.60. The molecule has 0 spiro atoms. The zero-order valence-electron chi connectivity index (χ0n) is 11.2. The van der Waals surface area contributed by atoms with Crippen LogP contribution in [0.2, 0.25) is 0 Å². The van der Waals surface area contributed by atoms with Crippen molar-refractivity contribution in [2.75, 3.05) is 0 Å². The predicted molar refractivity (Wildman–Crippen MR) is 70.2 cm³/mol. The van der Waals surface area contributed by atoms with Crippen LogP contribution in [0.5, 0.6) is 5.75 Å². The van der Waals surface area contributed by atoms with E-state index in [0.717, 1.165) is 0 Å². The van der Waals surface area contributed by atoms with Crippen LogP contribution in [0.4, 0.5) is 0 Å². The van der Waals surface area contributed by atoms with Gasteiger partial charge in [0.2, 0.25) is 17.1 Å². The van der Waals surface area contributed by atoms with E-state index in [1.54, 1.807) is 26.2 Å². The highest BCUT2D eigenvalue weighted by atomic mass is 16.4. The molecule has 7 nitrogen and oxygen atoms in total. The highest BCUT2D eigenvalue weighted by Crippen LogP contribution is 2.32. The van der Waals surface area contributed by atoms with Crippen LogP contribution in [0.15, 0.2) is 27.5 Å². The van der Waals surface area contributed by atoms with Crippen LogP contribution in [0.3, 0.4) is 0 Å². The lowest BCUT2D eigenvalue weighted by Crippen LogP contribution is -2.19. The van der Waals surface area contributed by atoms with Crippen molar-refractivity contribution >= 4 is 5.91 Å². The summed E-state index contributed by atoms with van der Waals surface area (Å²) in [7, 11) is 1.69. The maximum Gasteiger partial charge on any atom is 0.227 e. The van der Waals surface area contributed by atoms with E-state index in [1.165, 1.54) is 10.7 Å². The van der Waals surface area contributed by atoms with E-state index in [2.05, 4.69) is 5.10 Å². The molecule has 2 heterocycles. The van der Waals surface area contributed by atoms with Gasteiger partial charge in [0.05, 0.1) is 5.92 Å². The molecule has 0 aliphatic carbocycles. The number of aromatic hydroxyl groups is 1. The van der Waals surface area contributed by atoms with Crippen LogP contribution >= 0.6 is 0 Å². The quantitative estimate of drug-likeness (QED) is 0.840. The van der Waals surface area contributed by atoms with Crippen molar-refractivity contribution in [3.8, 4) is 5.75 Å². The first-order valence-electron chi connectivity index (χ1n) is 6.00. The molecule has 0 fully saturated rings. The molecule has 1 atom stereocenters. The van der Waals surface area contributed by atoms with Crippen molar-refractivity contribution in [2.24, 2.45) is 12.8 Å². The Hall–Kier alpha value is -2.57. The normalized spacial score (nSPS) is 12.3. The molecular formula is C13H15N3O4. The fraction of sp³-hybridized carbons (Fsp3) is 0.308. The largest absolute Gasteiger partial charge is 0.502 e. The van der Waals surface area contributed by atoms with Crippen molar-refractivity contribution in [3.63, 3.8) is 0 Å². The third-order valence-electron chi connectivity index (χ3n) is 3.01. The Morgan fingerprint density at radius 3 is 2.85 bits per heavy atom. The van der Waals surface area contributed by atoms with Gasteiger partial charge >= 0.3 is 0 Å². The molecule has 2 aromatic rings. The smallest absolute Gasteiger partial charge is 0.227 e. The van der Waals surface area contributed by atoms with E-state index < -0.39 is 23.0 Å². The van der Waals surface area contributed by atoms with Gasteiger partial charge in [0.15, 0.2) is 5.76 Å². The van der Waals surface area contributed by atoms with Crippen LogP contribution in [-0.4, -0.2) is 20.8 Å². The minimum atomic E-state index is -0.660. The van der Waals surface area contributed by atoms with E-state index in [-0.39, 0.29) is 12.2 Å². The van der Waals surface area contributed by atoms with Gasteiger partial charge in [-0.15, -0.1) is 0 Å². The summed E-state index contributed by atoms with van der Waals surface area (Å²) < 4.78 is 6.97. The maximum atomic E-state index is 11.7. The number of amides is 1. The number of hydrogen-bond donors (Lipinski definition) is 2. The van der Waals surface area contributed by atoms with Crippen molar-refractivity contribution < 1.29 is 14.3 Å². The molecule has 7 heteroatoms. The zero-order chi connectivity index (χ0) is 14.9. The minimum absolute atomic E-state index is 0.0254. The average Bonchev–Trinajstić information content (AvgIpc) is 2.77. The highest BCUT2D eigenvalue weighted by molar-refractivity contribution is 5.75. The van der Waals surface area contributed by atoms with Gasteiger partial charge in [-0.2, -0.15) is 5.10 Å². The van der Waals surface area contributed by atoms with Gasteiger partial charge in [-0.3, -0.25) is 14.3 Å². The number of carbonyl (C=O) groups excluding carboxylic acids is 1. The number of nitrogens with zero attached hydrogens (tertiary/aromatic N) is 2. The van der Waals surface area contributed by atoms with E-state index in [1.807, 2.05) is 0 Å². The molecule has 2 rings (SSSR count). The molecule has 106 valence electrons. The van der Waals surface area contributed by atoms with Crippen molar-refractivity contribution in [3.05, 3.63) is 45.8 Å². The predicted octanol–water partition coefficient (Wildman–Crippen LogP) is 0.395. The third-order valence-corrected chi connectivity index (χ3v) is 3.01. The number of hydrogen-bond acceptors (Lipinski definition) is 5. The zero-order valence-corrected chi connectivity index (χ0v) is 11.2. The van der Waals surface area contributed by atoms with Gasteiger partial charge in [-0.1, -0.05) is 0 Å². The first-order chi connectivity index (χ1) is 9.40. The Labute approximate surface area is 114 Å². The molecular weight excluding hydrogens is 262 g/mol. The number of rotatable bonds is 4. The summed E-state index contributed by atoms with van der Waals surface area (Å²) in [6.45, 7) is 1.59. The SMILES string of the molecule is Cc1cc(=O)c(O)c([C@H](CC(N)=O)c2ccnn2C)o1. The van der Waals surface area contributed by atoms with Gasteiger partial charge in [0, 0.05) is 31.4 Å². The van der Waals surface area contributed by atoms with Crippen molar-refractivity contribution in [1.29, 1.82) is 0 Å². The second-order valence-electron chi connectivity index (χ2n) is 4.54. The summed E-state index contributed by atoms with van der Waals surface area (Å²) in [6.07, 6.45) is 1.45.